The molecule has 0 fully saturated rings. The molecule has 1 N–H and O–H groups in total. The highest BCUT2D eigenvalue weighted by Crippen LogP contribution is 2.39. The molecule has 2 rings (SSSR count). The molecule has 1 aliphatic heterocycles. The van der Waals surface area contributed by atoms with E-state index in [2.05, 4.69) is 36.7 Å². The maximum absolute atomic E-state index is 11.6. The van der Waals surface area contributed by atoms with Gasteiger partial charge in [0.2, 0.25) is 0 Å². The van der Waals surface area contributed by atoms with E-state index >= 15 is 0 Å². The van der Waals surface area contributed by atoms with E-state index in [1.807, 2.05) is 18.2 Å². The van der Waals surface area contributed by atoms with Gasteiger partial charge in [-0.25, -0.2) is 4.79 Å². The highest BCUT2D eigenvalue weighted by atomic mass is 79.9. The Balaban J connectivity index is 2.51. The van der Waals surface area contributed by atoms with Crippen LogP contribution in [0.15, 0.2) is 22.7 Å². The second kappa shape index (κ2) is 4.57. The molecule has 18 heavy (non-hydrogen) atoms. The van der Waals surface area contributed by atoms with E-state index in [-0.39, 0.29) is 11.5 Å². The van der Waals surface area contributed by atoms with Gasteiger partial charge in [-0.3, -0.25) is 4.90 Å². The molecule has 0 aliphatic carbocycles. The minimum absolute atomic E-state index is 0.0248. The van der Waals surface area contributed by atoms with Crippen LogP contribution < -0.4 is 4.90 Å². The van der Waals surface area contributed by atoms with E-state index < -0.39 is 6.09 Å². The SMILES string of the molecule is CC(C)(C)C1CCc2ccc(Br)cc2N1C(=O)O. The summed E-state index contributed by atoms with van der Waals surface area (Å²) in [5.41, 5.74) is 1.88. The Morgan fingerprint density at radius 3 is 2.67 bits per heavy atom. The van der Waals surface area contributed by atoms with Crippen LogP contribution in [0.25, 0.3) is 0 Å². The molecule has 1 atom stereocenters. The quantitative estimate of drug-likeness (QED) is 0.776. The summed E-state index contributed by atoms with van der Waals surface area (Å²) < 4.78 is 0.919. The van der Waals surface area contributed by atoms with Gasteiger partial charge in [0.05, 0.1) is 5.69 Å². The third-order valence-corrected chi connectivity index (χ3v) is 4.00. The van der Waals surface area contributed by atoms with Crippen molar-refractivity contribution in [1.82, 2.24) is 0 Å². The van der Waals surface area contributed by atoms with E-state index in [1.165, 1.54) is 4.90 Å². The normalized spacial score (nSPS) is 19.6. The molecule has 0 spiro atoms. The van der Waals surface area contributed by atoms with E-state index in [0.29, 0.717) is 0 Å². The fourth-order valence-electron chi connectivity index (χ4n) is 2.62. The summed E-state index contributed by atoms with van der Waals surface area (Å²) >= 11 is 3.42. The topological polar surface area (TPSA) is 40.5 Å². The predicted octanol–water partition coefficient (Wildman–Crippen LogP) is 4.29. The second-order valence-electron chi connectivity index (χ2n) is 5.85. The molecule has 4 heteroatoms. The van der Waals surface area contributed by atoms with Crippen molar-refractivity contribution in [3.05, 3.63) is 28.2 Å². The molecule has 1 amide bonds. The van der Waals surface area contributed by atoms with Crippen LogP contribution in [0.5, 0.6) is 0 Å². The minimum Gasteiger partial charge on any atom is -0.465 e. The van der Waals surface area contributed by atoms with Gasteiger partial charge in [-0.1, -0.05) is 42.8 Å². The van der Waals surface area contributed by atoms with Gasteiger partial charge < -0.3 is 5.11 Å². The first-order chi connectivity index (χ1) is 8.30. The minimum atomic E-state index is -0.867. The van der Waals surface area contributed by atoms with E-state index in [1.54, 1.807) is 0 Å². The predicted molar refractivity (Wildman–Crippen MR) is 76.2 cm³/mol. The number of rotatable bonds is 0. The zero-order valence-corrected chi connectivity index (χ0v) is 12.5. The maximum Gasteiger partial charge on any atom is 0.412 e. The molecular weight excluding hydrogens is 294 g/mol. The van der Waals surface area contributed by atoms with Gasteiger partial charge in [0.25, 0.3) is 0 Å². The summed E-state index contributed by atoms with van der Waals surface area (Å²) in [7, 11) is 0. The zero-order valence-electron chi connectivity index (χ0n) is 10.9. The molecular formula is C14H18BrNO2. The summed E-state index contributed by atoms with van der Waals surface area (Å²) in [6, 6.07) is 5.91. The van der Waals surface area contributed by atoms with Crippen molar-refractivity contribution in [1.29, 1.82) is 0 Å². The number of anilines is 1. The van der Waals surface area contributed by atoms with Crippen molar-refractivity contribution in [3.63, 3.8) is 0 Å². The highest BCUT2D eigenvalue weighted by Gasteiger charge is 2.38. The van der Waals surface area contributed by atoms with Crippen LogP contribution in [0.4, 0.5) is 10.5 Å². The number of halogens is 1. The Bertz CT molecular complexity index is 479. The standard InChI is InChI=1S/C14H18BrNO2/c1-14(2,3)12-7-5-9-4-6-10(15)8-11(9)16(12)13(17)18/h4,6,8,12H,5,7H2,1-3H3,(H,17,18). The molecule has 0 radical (unpaired) electrons. The van der Waals surface area contributed by atoms with Crippen molar-refractivity contribution in [3.8, 4) is 0 Å². The first-order valence-corrected chi connectivity index (χ1v) is 6.90. The van der Waals surface area contributed by atoms with Gasteiger partial charge in [0.1, 0.15) is 0 Å². The zero-order chi connectivity index (χ0) is 13.5. The van der Waals surface area contributed by atoms with Crippen molar-refractivity contribution in [2.24, 2.45) is 5.41 Å². The second-order valence-corrected chi connectivity index (χ2v) is 6.76. The number of nitrogens with zero attached hydrogens (tertiary/aromatic N) is 1. The number of carbonyl (C=O) groups is 1. The molecule has 0 saturated heterocycles. The first kappa shape index (κ1) is 13.4. The number of benzene rings is 1. The van der Waals surface area contributed by atoms with Crippen molar-refractivity contribution in [2.75, 3.05) is 4.90 Å². The molecule has 1 heterocycles. The van der Waals surface area contributed by atoms with Crippen molar-refractivity contribution >= 4 is 27.7 Å². The summed E-state index contributed by atoms with van der Waals surface area (Å²) in [6.45, 7) is 6.28. The molecule has 0 saturated carbocycles. The van der Waals surface area contributed by atoms with E-state index in [0.717, 1.165) is 28.6 Å². The van der Waals surface area contributed by atoms with Crippen LogP contribution in [0, 0.1) is 5.41 Å². The molecule has 1 unspecified atom stereocenters. The van der Waals surface area contributed by atoms with E-state index in [4.69, 9.17) is 0 Å². The number of hydrogen-bond acceptors (Lipinski definition) is 1. The molecule has 1 aromatic carbocycles. The number of carboxylic acid groups (broad SMARTS) is 1. The Morgan fingerprint density at radius 1 is 1.44 bits per heavy atom. The van der Waals surface area contributed by atoms with Gasteiger partial charge in [-0.2, -0.15) is 0 Å². The molecule has 0 aromatic heterocycles. The van der Waals surface area contributed by atoms with Gasteiger partial charge in [0.15, 0.2) is 0 Å². The van der Waals surface area contributed by atoms with Crippen LogP contribution in [-0.2, 0) is 6.42 Å². The Kier molecular flexibility index (Phi) is 3.41. The lowest BCUT2D eigenvalue weighted by Crippen LogP contribution is -2.49. The van der Waals surface area contributed by atoms with Crippen LogP contribution in [0.1, 0.15) is 32.8 Å². The Labute approximate surface area is 116 Å². The lowest BCUT2D eigenvalue weighted by molar-refractivity contribution is 0.186. The van der Waals surface area contributed by atoms with Crippen LogP contribution in [0.3, 0.4) is 0 Å². The van der Waals surface area contributed by atoms with Crippen LogP contribution >= 0.6 is 15.9 Å². The smallest absolute Gasteiger partial charge is 0.412 e. The average molecular weight is 312 g/mol. The fraction of sp³-hybridized carbons (Fsp3) is 0.500. The lowest BCUT2D eigenvalue weighted by Gasteiger charge is -2.42. The number of aryl methyl sites for hydroxylation is 1. The molecule has 1 aliphatic rings. The number of hydrogen-bond donors (Lipinski definition) is 1. The Morgan fingerprint density at radius 2 is 2.11 bits per heavy atom. The fourth-order valence-corrected chi connectivity index (χ4v) is 2.97. The molecule has 1 aromatic rings. The summed E-state index contributed by atoms with van der Waals surface area (Å²) in [5, 5.41) is 9.52. The van der Waals surface area contributed by atoms with Gasteiger partial charge >= 0.3 is 6.09 Å². The van der Waals surface area contributed by atoms with Gasteiger partial charge in [0, 0.05) is 10.5 Å². The third kappa shape index (κ3) is 2.39. The molecule has 0 bridgehead atoms. The van der Waals surface area contributed by atoms with Crippen LogP contribution in [-0.4, -0.2) is 17.2 Å². The third-order valence-electron chi connectivity index (χ3n) is 3.51. The van der Waals surface area contributed by atoms with Gasteiger partial charge in [-0.05, 0) is 36.0 Å². The number of fused-ring (bicyclic) bond motifs is 1. The summed E-state index contributed by atoms with van der Waals surface area (Å²) in [6.07, 6.45) is 0.952. The van der Waals surface area contributed by atoms with Gasteiger partial charge in [-0.15, -0.1) is 0 Å². The first-order valence-electron chi connectivity index (χ1n) is 6.11. The number of amides is 1. The average Bonchev–Trinajstić information content (AvgIpc) is 2.25. The Hall–Kier alpha value is -1.03. The molecule has 98 valence electrons. The monoisotopic (exact) mass is 311 g/mol. The van der Waals surface area contributed by atoms with E-state index in [9.17, 15) is 9.90 Å². The molecule has 3 nitrogen and oxygen atoms in total. The lowest BCUT2D eigenvalue weighted by atomic mass is 9.79. The van der Waals surface area contributed by atoms with Crippen LogP contribution in [0.2, 0.25) is 0 Å². The summed E-state index contributed by atoms with van der Waals surface area (Å²) in [4.78, 5) is 13.1. The summed E-state index contributed by atoms with van der Waals surface area (Å²) in [5.74, 6) is 0. The maximum atomic E-state index is 11.6. The highest BCUT2D eigenvalue weighted by molar-refractivity contribution is 9.10. The largest absolute Gasteiger partial charge is 0.465 e. The van der Waals surface area contributed by atoms with Crippen molar-refractivity contribution in [2.45, 2.75) is 39.7 Å². The van der Waals surface area contributed by atoms with Crippen molar-refractivity contribution < 1.29 is 9.90 Å².